The fraction of sp³-hybridized carbons (Fsp3) is 0.385. The molecule has 0 heterocycles. The van der Waals surface area contributed by atoms with Gasteiger partial charge in [-0.3, -0.25) is 0 Å². The maximum Gasteiger partial charge on any atom is 0.101 e. The van der Waals surface area contributed by atoms with Crippen LogP contribution in [-0.2, 0) is 0 Å². The lowest BCUT2D eigenvalue weighted by molar-refractivity contribution is 0.258. The van der Waals surface area contributed by atoms with Crippen molar-refractivity contribution in [1.29, 1.82) is 10.5 Å². The van der Waals surface area contributed by atoms with Crippen molar-refractivity contribution in [3.05, 3.63) is 34.9 Å². The van der Waals surface area contributed by atoms with Crippen LogP contribution in [0.25, 0.3) is 0 Å². The van der Waals surface area contributed by atoms with E-state index in [9.17, 15) is 5.11 Å². The highest BCUT2D eigenvalue weighted by Gasteiger charge is 2.11. The van der Waals surface area contributed by atoms with Crippen LogP contribution in [0.4, 0.5) is 0 Å². The van der Waals surface area contributed by atoms with Crippen molar-refractivity contribution >= 4 is 0 Å². The van der Waals surface area contributed by atoms with Gasteiger partial charge in [0.1, 0.15) is 12.1 Å². The second-order valence-electron chi connectivity index (χ2n) is 3.70. The minimum atomic E-state index is 0.0600. The maximum atomic E-state index is 9.25. The number of aliphatic hydroxyl groups excluding tert-OH is 1. The Morgan fingerprint density at radius 2 is 1.94 bits per heavy atom. The van der Waals surface area contributed by atoms with Crippen molar-refractivity contribution in [3.8, 4) is 12.1 Å². The molecule has 1 atom stereocenters. The van der Waals surface area contributed by atoms with E-state index < -0.39 is 0 Å². The van der Waals surface area contributed by atoms with Crippen LogP contribution in [0, 0.1) is 22.7 Å². The summed E-state index contributed by atoms with van der Waals surface area (Å²) in [6.07, 6.45) is 1.86. The van der Waals surface area contributed by atoms with Crippen molar-refractivity contribution in [1.82, 2.24) is 0 Å². The van der Waals surface area contributed by atoms with E-state index in [0.29, 0.717) is 11.1 Å². The molecule has 16 heavy (non-hydrogen) atoms. The van der Waals surface area contributed by atoms with E-state index in [-0.39, 0.29) is 12.5 Å². The van der Waals surface area contributed by atoms with E-state index in [0.717, 1.165) is 18.4 Å². The average Bonchev–Trinajstić information content (AvgIpc) is 2.35. The molecule has 0 spiro atoms. The first-order valence-electron chi connectivity index (χ1n) is 5.31. The van der Waals surface area contributed by atoms with Crippen molar-refractivity contribution in [2.45, 2.75) is 25.7 Å². The number of hydrogen-bond acceptors (Lipinski definition) is 3. The second kappa shape index (κ2) is 5.90. The van der Waals surface area contributed by atoms with Crippen molar-refractivity contribution in [3.63, 3.8) is 0 Å². The predicted octanol–water partition coefficient (Wildman–Crippen LogP) is 2.31. The molecule has 3 heteroatoms. The van der Waals surface area contributed by atoms with Crippen LogP contribution in [0.1, 0.15) is 42.4 Å². The summed E-state index contributed by atoms with van der Waals surface area (Å²) in [6, 6.07) is 9.15. The summed E-state index contributed by atoms with van der Waals surface area (Å²) in [7, 11) is 0. The molecule has 0 fully saturated rings. The number of aliphatic hydroxyl groups is 1. The monoisotopic (exact) mass is 214 g/mol. The first-order chi connectivity index (χ1) is 7.76. The quantitative estimate of drug-likeness (QED) is 0.836. The molecule has 1 aromatic rings. The van der Waals surface area contributed by atoms with Crippen molar-refractivity contribution < 1.29 is 5.11 Å². The smallest absolute Gasteiger partial charge is 0.101 e. The zero-order valence-electron chi connectivity index (χ0n) is 9.27. The molecule has 0 aromatic heterocycles. The molecule has 0 saturated heterocycles. The zero-order valence-corrected chi connectivity index (χ0v) is 9.27. The molecular weight excluding hydrogens is 200 g/mol. The Labute approximate surface area is 95.6 Å². The largest absolute Gasteiger partial charge is 0.396 e. The van der Waals surface area contributed by atoms with Gasteiger partial charge >= 0.3 is 0 Å². The number of nitriles is 2. The van der Waals surface area contributed by atoms with Gasteiger partial charge in [0.25, 0.3) is 0 Å². The molecule has 0 aliphatic heterocycles. The Balaban J connectivity index is 3.08. The van der Waals surface area contributed by atoms with E-state index in [1.807, 2.05) is 18.2 Å². The third-order valence-electron chi connectivity index (χ3n) is 2.61. The molecule has 0 bridgehead atoms. The van der Waals surface area contributed by atoms with Crippen molar-refractivity contribution in [2.75, 3.05) is 6.61 Å². The van der Waals surface area contributed by atoms with Gasteiger partial charge in [-0.05, 0) is 24.1 Å². The van der Waals surface area contributed by atoms with Gasteiger partial charge in [0.2, 0.25) is 0 Å². The van der Waals surface area contributed by atoms with Gasteiger partial charge in [-0.15, -0.1) is 0 Å². The SMILES string of the molecule is CCCC(CO)c1ccc(C#N)c(C#N)c1. The van der Waals surface area contributed by atoms with E-state index >= 15 is 0 Å². The summed E-state index contributed by atoms with van der Waals surface area (Å²) in [6.45, 7) is 2.13. The Hall–Kier alpha value is -1.84. The normalized spacial score (nSPS) is 11.5. The number of hydrogen-bond donors (Lipinski definition) is 1. The summed E-state index contributed by atoms with van der Waals surface area (Å²) < 4.78 is 0. The van der Waals surface area contributed by atoms with Crippen molar-refractivity contribution in [2.24, 2.45) is 0 Å². The fourth-order valence-corrected chi connectivity index (χ4v) is 1.72. The zero-order chi connectivity index (χ0) is 12.0. The number of benzene rings is 1. The van der Waals surface area contributed by atoms with Crippen LogP contribution < -0.4 is 0 Å². The minimum Gasteiger partial charge on any atom is -0.396 e. The maximum absolute atomic E-state index is 9.25. The number of rotatable bonds is 4. The highest BCUT2D eigenvalue weighted by Crippen LogP contribution is 2.22. The molecule has 1 aromatic carbocycles. The number of nitrogens with zero attached hydrogens (tertiary/aromatic N) is 2. The van der Waals surface area contributed by atoms with Crippen LogP contribution in [-0.4, -0.2) is 11.7 Å². The second-order valence-corrected chi connectivity index (χ2v) is 3.70. The average molecular weight is 214 g/mol. The van der Waals surface area contributed by atoms with Gasteiger partial charge in [-0.25, -0.2) is 0 Å². The Morgan fingerprint density at radius 1 is 1.25 bits per heavy atom. The molecule has 0 saturated carbocycles. The summed E-state index contributed by atoms with van der Waals surface area (Å²) >= 11 is 0. The standard InChI is InChI=1S/C13H14N2O/c1-2-3-12(9-16)10-4-5-11(7-14)13(6-10)8-15/h4-6,12,16H,2-3,9H2,1H3. The lowest BCUT2D eigenvalue weighted by Crippen LogP contribution is -2.04. The lowest BCUT2D eigenvalue weighted by Gasteiger charge is -2.13. The molecule has 1 rings (SSSR count). The Morgan fingerprint density at radius 3 is 2.44 bits per heavy atom. The molecule has 0 aliphatic carbocycles. The summed E-state index contributed by atoms with van der Waals surface area (Å²) in [5, 5.41) is 26.9. The van der Waals surface area contributed by atoms with Gasteiger partial charge in [0, 0.05) is 12.5 Å². The van der Waals surface area contributed by atoms with Crippen LogP contribution in [0.2, 0.25) is 0 Å². The lowest BCUT2D eigenvalue weighted by atomic mass is 9.92. The third-order valence-corrected chi connectivity index (χ3v) is 2.61. The van der Waals surface area contributed by atoms with Crippen LogP contribution in [0.5, 0.6) is 0 Å². The molecule has 0 aliphatic rings. The molecular formula is C13H14N2O. The highest BCUT2D eigenvalue weighted by atomic mass is 16.3. The predicted molar refractivity (Wildman–Crippen MR) is 60.6 cm³/mol. The third kappa shape index (κ3) is 2.59. The molecule has 1 unspecified atom stereocenters. The van der Waals surface area contributed by atoms with Gasteiger partial charge in [-0.1, -0.05) is 19.4 Å². The minimum absolute atomic E-state index is 0.0600. The van der Waals surface area contributed by atoms with Gasteiger partial charge in [0.15, 0.2) is 0 Å². The van der Waals surface area contributed by atoms with Crippen LogP contribution in [0.15, 0.2) is 18.2 Å². The van der Waals surface area contributed by atoms with Gasteiger partial charge < -0.3 is 5.11 Å². The molecule has 3 nitrogen and oxygen atoms in total. The van der Waals surface area contributed by atoms with E-state index in [1.165, 1.54) is 0 Å². The first-order valence-corrected chi connectivity index (χ1v) is 5.31. The fourth-order valence-electron chi connectivity index (χ4n) is 1.72. The molecule has 0 amide bonds. The highest BCUT2D eigenvalue weighted by molar-refractivity contribution is 5.47. The Bertz CT molecular complexity index is 440. The van der Waals surface area contributed by atoms with E-state index in [2.05, 4.69) is 6.92 Å². The van der Waals surface area contributed by atoms with Gasteiger partial charge in [-0.2, -0.15) is 10.5 Å². The molecule has 82 valence electrons. The van der Waals surface area contributed by atoms with E-state index in [1.54, 1.807) is 12.1 Å². The van der Waals surface area contributed by atoms with Crippen LogP contribution >= 0.6 is 0 Å². The summed E-state index contributed by atoms with van der Waals surface area (Å²) in [4.78, 5) is 0. The van der Waals surface area contributed by atoms with Gasteiger partial charge in [0.05, 0.1) is 11.1 Å². The molecule has 0 radical (unpaired) electrons. The summed E-state index contributed by atoms with van der Waals surface area (Å²) in [5.41, 5.74) is 1.70. The Kier molecular flexibility index (Phi) is 4.51. The first kappa shape index (κ1) is 12.2. The van der Waals surface area contributed by atoms with Crippen LogP contribution in [0.3, 0.4) is 0 Å². The topological polar surface area (TPSA) is 67.8 Å². The van der Waals surface area contributed by atoms with E-state index in [4.69, 9.17) is 10.5 Å². The summed E-state index contributed by atoms with van der Waals surface area (Å²) in [5.74, 6) is 0.0600. The molecule has 1 N–H and O–H groups in total.